The number of nitrogens with zero attached hydrogens (tertiary/aromatic N) is 2. The quantitative estimate of drug-likeness (QED) is 0.288. The van der Waals surface area contributed by atoms with Crippen molar-refractivity contribution in [2.45, 2.75) is 40.7 Å². The first kappa shape index (κ1) is 26.9. The van der Waals surface area contributed by atoms with Gasteiger partial charge in [0.1, 0.15) is 5.75 Å². The van der Waals surface area contributed by atoms with Crippen molar-refractivity contribution >= 4 is 34.7 Å². The maximum absolute atomic E-state index is 13.0. The Kier molecular flexibility index (Phi) is 10.6. The van der Waals surface area contributed by atoms with E-state index >= 15 is 0 Å². The van der Waals surface area contributed by atoms with E-state index in [-0.39, 0.29) is 16.5 Å². The molecule has 0 aliphatic carbocycles. The van der Waals surface area contributed by atoms with Gasteiger partial charge in [-0.25, -0.2) is 0 Å². The van der Waals surface area contributed by atoms with E-state index in [4.69, 9.17) is 30.5 Å². The molecule has 0 spiro atoms. The van der Waals surface area contributed by atoms with Crippen molar-refractivity contribution in [2.75, 3.05) is 31.7 Å². The highest BCUT2D eigenvalue weighted by atomic mass is 35.5. The van der Waals surface area contributed by atoms with Gasteiger partial charge in [0.15, 0.2) is 23.0 Å². The Morgan fingerprint density at radius 3 is 2.18 bits per heavy atom. The van der Waals surface area contributed by atoms with Crippen LogP contribution in [0.5, 0.6) is 23.0 Å². The second kappa shape index (κ2) is 13.4. The van der Waals surface area contributed by atoms with Crippen LogP contribution in [0.3, 0.4) is 0 Å². The molecule has 0 radical (unpaired) electrons. The number of anilines is 1. The van der Waals surface area contributed by atoms with E-state index in [9.17, 15) is 9.59 Å². The number of Topliss-reactive ketones (excluding diaryl/α,β-unsaturated/α-hetero) is 1. The Balaban J connectivity index is 2.31. The lowest BCUT2D eigenvalue weighted by Gasteiger charge is -2.16. The third-order valence-electron chi connectivity index (χ3n) is 4.32. The van der Waals surface area contributed by atoms with Crippen molar-refractivity contribution in [3.63, 3.8) is 0 Å². The van der Waals surface area contributed by atoms with Gasteiger partial charge in [0.05, 0.1) is 42.8 Å². The Morgan fingerprint density at radius 2 is 1.56 bits per heavy atom. The molecule has 0 aromatic heterocycles. The van der Waals surface area contributed by atoms with Gasteiger partial charge >= 0.3 is 0 Å². The van der Waals surface area contributed by atoms with Gasteiger partial charge in [-0.15, -0.1) is 0 Å². The largest absolute Gasteiger partial charge is 0.494 e. The van der Waals surface area contributed by atoms with Crippen LogP contribution in [0.2, 0.25) is 5.02 Å². The van der Waals surface area contributed by atoms with E-state index in [1.807, 2.05) is 20.8 Å². The van der Waals surface area contributed by atoms with Crippen LogP contribution >= 0.6 is 11.6 Å². The molecule has 1 amide bonds. The molecule has 2 aromatic carbocycles. The third-order valence-corrected chi connectivity index (χ3v) is 4.60. The molecule has 0 aliphatic heterocycles. The molecular weight excluding hydrogens is 462 g/mol. The predicted molar refractivity (Wildman–Crippen MR) is 130 cm³/mol. The van der Waals surface area contributed by atoms with Gasteiger partial charge in [-0.05, 0) is 46.8 Å². The summed E-state index contributed by atoms with van der Waals surface area (Å²) in [6, 6.07) is 6.77. The van der Waals surface area contributed by atoms with Crippen LogP contribution in [0, 0.1) is 0 Å². The van der Waals surface area contributed by atoms with Crippen molar-refractivity contribution in [2.24, 2.45) is 10.2 Å². The molecule has 0 saturated heterocycles. The minimum Gasteiger partial charge on any atom is -0.494 e. The van der Waals surface area contributed by atoms with E-state index < -0.39 is 17.7 Å². The van der Waals surface area contributed by atoms with Gasteiger partial charge in [0, 0.05) is 18.2 Å². The molecule has 0 heterocycles. The van der Waals surface area contributed by atoms with Crippen LogP contribution in [0.1, 0.15) is 34.6 Å². The minimum absolute atomic E-state index is 0.266. The lowest BCUT2D eigenvalue weighted by molar-refractivity contribution is -0.126. The molecule has 1 N–H and O–H groups in total. The topological polar surface area (TPSA) is 108 Å². The summed E-state index contributed by atoms with van der Waals surface area (Å²) in [6.45, 7) is 10.2. The predicted octanol–water partition coefficient (Wildman–Crippen LogP) is 5.61. The van der Waals surface area contributed by atoms with E-state index in [2.05, 4.69) is 15.5 Å². The summed E-state index contributed by atoms with van der Waals surface area (Å²) >= 11 is 6.30. The lowest BCUT2D eigenvalue weighted by atomic mass is 10.2. The van der Waals surface area contributed by atoms with Crippen molar-refractivity contribution in [3.05, 3.63) is 35.4 Å². The number of hydrogen-bond donors (Lipinski definition) is 1. The van der Waals surface area contributed by atoms with Crippen LogP contribution in [0.15, 0.2) is 40.6 Å². The first-order valence-corrected chi connectivity index (χ1v) is 11.4. The molecule has 34 heavy (non-hydrogen) atoms. The summed E-state index contributed by atoms with van der Waals surface area (Å²) in [6.07, 6.45) is 0. The molecule has 2 aromatic rings. The number of ether oxygens (including phenoxy) is 4. The van der Waals surface area contributed by atoms with Gasteiger partial charge in [0.25, 0.3) is 5.91 Å². The van der Waals surface area contributed by atoms with Crippen molar-refractivity contribution < 1.29 is 28.5 Å². The molecule has 0 fully saturated rings. The van der Waals surface area contributed by atoms with Gasteiger partial charge in [-0.1, -0.05) is 11.6 Å². The number of azo groups is 1. The highest BCUT2D eigenvalue weighted by molar-refractivity contribution is 6.33. The lowest BCUT2D eigenvalue weighted by Crippen LogP contribution is -2.32. The summed E-state index contributed by atoms with van der Waals surface area (Å²) < 4.78 is 22.2. The molecule has 2 rings (SSSR count). The van der Waals surface area contributed by atoms with E-state index in [1.54, 1.807) is 37.3 Å². The Bertz CT molecular complexity index is 1030. The van der Waals surface area contributed by atoms with E-state index in [0.717, 1.165) is 0 Å². The van der Waals surface area contributed by atoms with Gasteiger partial charge in [-0.2, -0.15) is 10.2 Å². The van der Waals surface area contributed by atoms with Crippen LogP contribution in [-0.2, 0) is 9.59 Å². The monoisotopic (exact) mass is 491 g/mol. The Morgan fingerprint density at radius 1 is 0.912 bits per heavy atom. The second-order valence-corrected chi connectivity index (χ2v) is 7.27. The van der Waals surface area contributed by atoms with Crippen LogP contribution < -0.4 is 24.3 Å². The SMILES string of the molecule is CCOc1cc(Cl)c(OCC)c(NC(=O)C(N=Nc2ccc(OCC)c(OCC)c2)C(C)=O)c1. The number of carbonyl (C=O) groups is 2. The number of benzene rings is 2. The maximum Gasteiger partial charge on any atom is 0.258 e. The molecule has 184 valence electrons. The zero-order valence-corrected chi connectivity index (χ0v) is 20.8. The number of hydrogen-bond acceptors (Lipinski definition) is 8. The zero-order valence-electron chi connectivity index (χ0n) is 20.0. The maximum atomic E-state index is 13.0. The number of nitrogens with one attached hydrogen (secondary N) is 1. The minimum atomic E-state index is -1.38. The fourth-order valence-corrected chi connectivity index (χ4v) is 3.21. The third kappa shape index (κ3) is 7.34. The molecule has 1 unspecified atom stereocenters. The molecule has 9 nitrogen and oxygen atoms in total. The average molecular weight is 492 g/mol. The molecule has 1 atom stereocenters. The molecule has 10 heteroatoms. The fourth-order valence-electron chi connectivity index (χ4n) is 2.95. The number of amides is 1. The Hall–Kier alpha value is -3.33. The zero-order chi connectivity index (χ0) is 25.1. The molecule has 0 aliphatic rings. The van der Waals surface area contributed by atoms with Gasteiger partial charge in [0.2, 0.25) is 6.04 Å². The van der Waals surface area contributed by atoms with Gasteiger partial charge < -0.3 is 24.3 Å². The first-order valence-electron chi connectivity index (χ1n) is 11.0. The van der Waals surface area contributed by atoms with Crippen molar-refractivity contribution in [3.8, 4) is 23.0 Å². The summed E-state index contributed by atoms with van der Waals surface area (Å²) in [4.78, 5) is 25.2. The summed E-state index contributed by atoms with van der Waals surface area (Å²) in [5.41, 5.74) is 0.672. The van der Waals surface area contributed by atoms with E-state index in [0.29, 0.717) is 49.4 Å². The summed E-state index contributed by atoms with van der Waals surface area (Å²) in [5, 5.41) is 11.0. The first-order chi connectivity index (χ1) is 16.3. The normalized spacial score (nSPS) is 11.7. The smallest absolute Gasteiger partial charge is 0.258 e. The van der Waals surface area contributed by atoms with Crippen molar-refractivity contribution in [1.82, 2.24) is 0 Å². The van der Waals surface area contributed by atoms with Crippen LogP contribution in [-0.4, -0.2) is 44.2 Å². The highest BCUT2D eigenvalue weighted by Crippen LogP contribution is 2.38. The Labute approximate surface area is 204 Å². The fraction of sp³-hybridized carbons (Fsp3) is 0.417. The van der Waals surface area contributed by atoms with E-state index in [1.165, 1.54) is 6.92 Å². The second-order valence-electron chi connectivity index (χ2n) is 6.86. The molecule has 0 saturated carbocycles. The highest BCUT2D eigenvalue weighted by Gasteiger charge is 2.25. The van der Waals surface area contributed by atoms with Crippen LogP contribution in [0.4, 0.5) is 11.4 Å². The summed E-state index contributed by atoms with van der Waals surface area (Å²) in [5.74, 6) is 0.616. The van der Waals surface area contributed by atoms with Crippen LogP contribution in [0.25, 0.3) is 0 Å². The standard InChI is InChI=1S/C24H30ClN3O6/c1-6-31-17-13-18(25)23(34-9-4)19(14-17)26-24(30)22(15(5)29)28-27-16-10-11-20(32-7-2)21(12-16)33-8-3/h10-14,22H,6-9H2,1-5H3,(H,26,30). The van der Waals surface area contributed by atoms with Gasteiger partial charge in [-0.3, -0.25) is 9.59 Å². The average Bonchev–Trinajstić information content (AvgIpc) is 2.78. The summed E-state index contributed by atoms with van der Waals surface area (Å²) in [7, 11) is 0. The number of ketones is 1. The van der Waals surface area contributed by atoms with Crippen molar-refractivity contribution in [1.29, 1.82) is 0 Å². The molecule has 0 bridgehead atoms. The number of carbonyl (C=O) groups excluding carboxylic acids is 2. The number of halogens is 1. The molecular formula is C24H30ClN3O6. The number of rotatable bonds is 13.